The number of terminal acetylenes is 1. The van der Waals surface area contributed by atoms with Crippen LogP contribution in [0.15, 0.2) is 30.3 Å². The zero-order chi connectivity index (χ0) is 8.81. The zero-order valence-electron chi connectivity index (χ0n) is 7.16. The van der Waals surface area contributed by atoms with E-state index in [1.807, 2.05) is 37.3 Å². The first-order valence-corrected chi connectivity index (χ1v) is 4.01. The van der Waals surface area contributed by atoms with Crippen molar-refractivity contribution < 1.29 is 4.74 Å². The summed E-state index contributed by atoms with van der Waals surface area (Å²) in [5.41, 5.74) is 1.04. The van der Waals surface area contributed by atoms with Gasteiger partial charge < -0.3 is 4.74 Å². The number of hydrogen-bond donors (Lipinski definition) is 0. The molecule has 0 fully saturated rings. The summed E-state index contributed by atoms with van der Waals surface area (Å²) in [5, 5.41) is 0. The van der Waals surface area contributed by atoms with Crippen molar-refractivity contribution in [1.29, 1.82) is 0 Å². The number of hydrogen-bond acceptors (Lipinski definition) is 1. The summed E-state index contributed by atoms with van der Waals surface area (Å²) >= 11 is 0. The topological polar surface area (TPSA) is 9.23 Å². The first kappa shape index (κ1) is 8.83. The maximum atomic E-state index is 5.34. The Balaban J connectivity index is 2.75. The second-order valence-electron chi connectivity index (χ2n) is 2.41. The summed E-state index contributed by atoms with van der Waals surface area (Å²) in [6, 6.07) is 9.82. The summed E-state index contributed by atoms with van der Waals surface area (Å²) in [5.74, 6) is 2.60. The predicted octanol–water partition coefficient (Wildman–Crippen LogP) is 2.40. The standard InChI is InChI=1S/C11H12O/c1-3-11(12-4-2)10-8-6-5-7-9-10/h1,5-9,11H,4H2,2H3. The Hall–Kier alpha value is -1.26. The highest BCUT2D eigenvalue weighted by Gasteiger charge is 2.05. The Morgan fingerprint density at radius 1 is 1.42 bits per heavy atom. The molecule has 0 saturated heterocycles. The minimum atomic E-state index is -0.198. The molecule has 0 aromatic heterocycles. The molecule has 0 aliphatic heterocycles. The van der Waals surface area contributed by atoms with Crippen molar-refractivity contribution in [3.63, 3.8) is 0 Å². The fourth-order valence-electron chi connectivity index (χ4n) is 1.04. The highest BCUT2D eigenvalue weighted by Crippen LogP contribution is 2.14. The normalized spacial score (nSPS) is 12.0. The van der Waals surface area contributed by atoms with Gasteiger partial charge in [-0.05, 0) is 12.5 Å². The maximum absolute atomic E-state index is 5.34. The minimum Gasteiger partial charge on any atom is -0.361 e. The molecule has 0 aliphatic carbocycles. The molecule has 1 rings (SSSR count). The van der Waals surface area contributed by atoms with Crippen LogP contribution in [0.5, 0.6) is 0 Å². The molecule has 0 heterocycles. The second-order valence-corrected chi connectivity index (χ2v) is 2.41. The lowest BCUT2D eigenvalue weighted by Gasteiger charge is -2.09. The van der Waals surface area contributed by atoms with E-state index in [9.17, 15) is 0 Å². The Morgan fingerprint density at radius 3 is 2.58 bits per heavy atom. The van der Waals surface area contributed by atoms with Gasteiger partial charge in [-0.1, -0.05) is 36.3 Å². The van der Waals surface area contributed by atoms with Crippen molar-refractivity contribution in [2.24, 2.45) is 0 Å². The van der Waals surface area contributed by atoms with E-state index >= 15 is 0 Å². The van der Waals surface area contributed by atoms with Gasteiger partial charge in [0.2, 0.25) is 0 Å². The zero-order valence-corrected chi connectivity index (χ0v) is 7.16. The molecule has 0 amide bonds. The van der Waals surface area contributed by atoms with Crippen molar-refractivity contribution in [1.82, 2.24) is 0 Å². The van der Waals surface area contributed by atoms with Gasteiger partial charge >= 0.3 is 0 Å². The lowest BCUT2D eigenvalue weighted by molar-refractivity contribution is 0.104. The first-order chi connectivity index (χ1) is 5.88. The van der Waals surface area contributed by atoms with Gasteiger partial charge in [0, 0.05) is 6.61 Å². The van der Waals surface area contributed by atoms with Crippen molar-refractivity contribution in [2.45, 2.75) is 13.0 Å². The van der Waals surface area contributed by atoms with Crippen LogP contribution in [0.25, 0.3) is 0 Å². The van der Waals surface area contributed by atoms with Crippen molar-refractivity contribution >= 4 is 0 Å². The van der Waals surface area contributed by atoms with Crippen LogP contribution in [0.4, 0.5) is 0 Å². The number of ether oxygens (including phenoxy) is 1. The molecule has 1 atom stereocenters. The third kappa shape index (κ3) is 2.11. The number of benzene rings is 1. The van der Waals surface area contributed by atoms with E-state index in [1.165, 1.54) is 0 Å². The van der Waals surface area contributed by atoms with Crippen LogP contribution in [0.3, 0.4) is 0 Å². The van der Waals surface area contributed by atoms with E-state index in [0.717, 1.165) is 5.56 Å². The maximum Gasteiger partial charge on any atom is 0.143 e. The molecule has 0 spiro atoms. The SMILES string of the molecule is C#CC(OCC)c1ccccc1. The molecule has 62 valence electrons. The average Bonchev–Trinajstić information content (AvgIpc) is 2.15. The molecule has 1 aromatic carbocycles. The summed E-state index contributed by atoms with van der Waals surface area (Å²) in [4.78, 5) is 0. The summed E-state index contributed by atoms with van der Waals surface area (Å²) in [7, 11) is 0. The summed E-state index contributed by atoms with van der Waals surface area (Å²) < 4.78 is 5.34. The molecule has 0 N–H and O–H groups in total. The van der Waals surface area contributed by atoms with Gasteiger partial charge in [-0.2, -0.15) is 0 Å². The summed E-state index contributed by atoms with van der Waals surface area (Å²) in [6.45, 7) is 2.58. The van der Waals surface area contributed by atoms with Gasteiger partial charge in [0.05, 0.1) is 0 Å². The van der Waals surface area contributed by atoms with Crippen LogP contribution in [-0.4, -0.2) is 6.61 Å². The van der Waals surface area contributed by atoms with E-state index in [1.54, 1.807) is 0 Å². The predicted molar refractivity (Wildman–Crippen MR) is 49.6 cm³/mol. The fourth-order valence-corrected chi connectivity index (χ4v) is 1.04. The highest BCUT2D eigenvalue weighted by atomic mass is 16.5. The van der Waals surface area contributed by atoms with Crippen LogP contribution in [0.1, 0.15) is 18.6 Å². The molecule has 1 nitrogen and oxygen atoms in total. The lowest BCUT2D eigenvalue weighted by Crippen LogP contribution is -2.00. The highest BCUT2D eigenvalue weighted by molar-refractivity contribution is 5.23. The van der Waals surface area contributed by atoms with Gasteiger partial charge in [-0.15, -0.1) is 6.42 Å². The van der Waals surface area contributed by atoms with E-state index in [4.69, 9.17) is 11.2 Å². The van der Waals surface area contributed by atoms with Crippen LogP contribution >= 0.6 is 0 Å². The molecule has 0 bridgehead atoms. The third-order valence-corrected chi connectivity index (χ3v) is 1.59. The van der Waals surface area contributed by atoms with Gasteiger partial charge in [0.15, 0.2) is 0 Å². The van der Waals surface area contributed by atoms with Gasteiger partial charge in [-0.25, -0.2) is 0 Å². The molecule has 1 unspecified atom stereocenters. The Labute approximate surface area is 73.4 Å². The smallest absolute Gasteiger partial charge is 0.143 e. The van der Waals surface area contributed by atoms with Crippen LogP contribution < -0.4 is 0 Å². The first-order valence-electron chi connectivity index (χ1n) is 4.01. The molecule has 1 aromatic rings. The molecule has 0 radical (unpaired) electrons. The quantitative estimate of drug-likeness (QED) is 0.617. The minimum absolute atomic E-state index is 0.198. The average molecular weight is 160 g/mol. The van der Waals surface area contributed by atoms with E-state index in [0.29, 0.717) is 6.61 Å². The van der Waals surface area contributed by atoms with Crippen LogP contribution in [-0.2, 0) is 4.74 Å². The Morgan fingerprint density at radius 2 is 2.08 bits per heavy atom. The molecular weight excluding hydrogens is 148 g/mol. The third-order valence-electron chi connectivity index (χ3n) is 1.59. The van der Waals surface area contributed by atoms with Crippen LogP contribution in [0.2, 0.25) is 0 Å². The molecule has 1 heteroatoms. The lowest BCUT2D eigenvalue weighted by atomic mass is 10.1. The summed E-state index contributed by atoms with van der Waals surface area (Å²) in [6.07, 6.45) is 5.12. The fraction of sp³-hybridized carbons (Fsp3) is 0.273. The van der Waals surface area contributed by atoms with E-state index in [-0.39, 0.29) is 6.10 Å². The van der Waals surface area contributed by atoms with E-state index in [2.05, 4.69) is 5.92 Å². The van der Waals surface area contributed by atoms with Gasteiger partial charge in [-0.3, -0.25) is 0 Å². The van der Waals surface area contributed by atoms with E-state index < -0.39 is 0 Å². The Bertz CT molecular complexity index is 258. The monoisotopic (exact) mass is 160 g/mol. The van der Waals surface area contributed by atoms with Gasteiger partial charge in [0.25, 0.3) is 0 Å². The van der Waals surface area contributed by atoms with Crippen LogP contribution in [0, 0.1) is 12.3 Å². The Kier molecular flexibility index (Phi) is 3.37. The number of rotatable bonds is 3. The molecule has 0 saturated carbocycles. The molecular formula is C11H12O. The molecule has 12 heavy (non-hydrogen) atoms. The van der Waals surface area contributed by atoms with Gasteiger partial charge in [0.1, 0.15) is 6.10 Å². The molecule has 0 aliphatic rings. The van der Waals surface area contributed by atoms with Crippen molar-refractivity contribution in [3.05, 3.63) is 35.9 Å². The van der Waals surface area contributed by atoms with Crippen molar-refractivity contribution in [2.75, 3.05) is 6.61 Å². The van der Waals surface area contributed by atoms with Crippen molar-refractivity contribution in [3.8, 4) is 12.3 Å². The second kappa shape index (κ2) is 4.58. The largest absolute Gasteiger partial charge is 0.361 e.